The second-order valence-electron chi connectivity index (χ2n) is 6.29. The van der Waals surface area contributed by atoms with E-state index in [2.05, 4.69) is 21.8 Å². The summed E-state index contributed by atoms with van der Waals surface area (Å²) in [6.07, 6.45) is 2.12. The molecular formula is C18H23ClN4O3. The van der Waals surface area contributed by atoms with Gasteiger partial charge in [-0.3, -0.25) is 9.48 Å². The minimum Gasteiger partial charge on any atom is -0.486 e. The van der Waals surface area contributed by atoms with Crippen molar-refractivity contribution in [2.75, 3.05) is 25.1 Å². The number of nitrogens with one attached hydrogen (secondary N) is 2. The molecule has 0 unspecified atom stereocenters. The Bertz CT molecular complexity index is 754. The Kier molecular flexibility index (Phi) is 6.00. The third kappa shape index (κ3) is 4.28. The predicted molar refractivity (Wildman–Crippen MR) is 100 cm³/mol. The molecule has 1 aromatic carbocycles. The number of fused-ring (bicyclic) bond motifs is 2. The summed E-state index contributed by atoms with van der Waals surface area (Å²) in [7, 11) is 0. The van der Waals surface area contributed by atoms with Gasteiger partial charge in [0.2, 0.25) is 5.91 Å². The van der Waals surface area contributed by atoms with Crippen molar-refractivity contribution < 1.29 is 14.3 Å². The van der Waals surface area contributed by atoms with Crippen LogP contribution in [0.2, 0.25) is 0 Å². The molecule has 1 aromatic heterocycles. The van der Waals surface area contributed by atoms with Crippen LogP contribution in [0.25, 0.3) is 0 Å². The van der Waals surface area contributed by atoms with Crippen LogP contribution in [0.1, 0.15) is 24.2 Å². The summed E-state index contributed by atoms with van der Waals surface area (Å²) in [6, 6.07) is 7.55. The lowest BCUT2D eigenvalue weighted by Gasteiger charge is -2.19. The molecule has 2 aliphatic heterocycles. The van der Waals surface area contributed by atoms with Crippen molar-refractivity contribution in [3.8, 4) is 11.5 Å². The summed E-state index contributed by atoms with van der Waals surface area (Å²) in [5, 5.41) is 10.9. The monoisotopic (exact) mass is 378 g/mol. The highest BCUT2D eigenvalue weighted by molar-refractivity contribution is 5.91. The fourth-order valence-electron chi connectivity index (χ4n) is 3.13. The number of ether oxygens (including phenoxy) is 2. The zero-order valence-electron chi connectivity index (χ0n) is 14.5. The molecule has 26 heavy (non-hydrogen) atoms. The average Bonchev–Trinajstić information content (AvgIpc) is 2.89. The molecule has 0 radical (unpaired) electrons. The lowest BCUT2D eigenvalue weighted by atomic mass is 10.2. The van der Waals surface area contributed by atoms with Crippen LogP contribution in [0.5, 0.6) is 11.5 Å². The van der Waals surface area contributed by atoms with Crippen molar-refractivity contribution in [1.82, 2.24) is 15.1 Å². The number of carbonyl (C=O) groups excluding carboxylic acids is 1. The van der Waals surface area contributed by atoms with Gasteiger partial charge < -0.3 is 20.1 Å². The highest BCUT2D eigenvalue weighted by atomic mass is 35.5. The number of rotatable bonds is 4. The number of amides is 1. The van der Waals surface area contributed by atoms with Crippen molar-refractivity contribution in [2.24, 2.45) is 0 Å². The van der Waals surface area contributed by atoms with Gasteiger partial charge in [-0.2, -0.15) is 5.10 Å². The fraction of sp³-hybridized carbons (Fsp3) is 0.444. The lowest BCUT2D eigenvalue weighted by Crippen LogP contribution is -2.16. The van der Waals surface area contributed by atoms with E-state index in [0.717, 1.165) is 43.2 Å². The largest absolute Gasteiger partial charge is 0.486 e. The van der Waals surface area contributed by atoms with Gasteiger partial charge in [0.15, 0.2) is 11.5 Å². The minimum absolute atomic E-state index is 0. The number of anilines is 1. The van der Waals surface area contributed by atoms with Gasteiger partial charge in [0.05, 0.1) is 11.4 Å². The standard InChI is InChI=1S/C18H22N4O3.ClH/c23-18(20-13-2-4-16-17(11-13)25-9-8-24-16)5-3-14-10-15-12-19-6-1-7-22(15)21-14;/h2,4,10-11,19H,1,3,5-9,12H2,(H,20,23);1H. The topological polar surface area (TPSA) is 77.4 Å². The van der Waals surface area contributed by atoms with Crippen molar-refractivity contribution in [1.29, 1.82) is 0 Å². The summed E-state index contributed by atoms with van der Waals surface area (Å²) in [6.45, 7) is 3.89. The summed E-state index contributed by atoms with van der Waals surface area (Å²) in [5.41, 5.74) is 2.88. The summed E-state index contributed by atoms with van der Waals surface area (Å²) in [5.74, 6) is 1.37. The van der Waals surface area contributed by atoms with E-state index in [9.17, 15) is 4.79 Å². The van der Waals surface area contributed by atoms with E-state index in [4.69, 9.17) is 9.47 Å². The van der Waals surface area contributed by atoms with Gasteiger partial charge in [-0.1, -0.05) is 0 Å². The third-order valence-electron chi connectivity index (χ3n) is 4.38. The molecule has 3 heterocycles. The quantitative estimate of drug-likeness (QED) is 0.852. The number of hydrogen-bond acceptors (Lipinski definition) is 5. The molecular weight excluding hydrogens is 356 g/mol. The molecule has 0 bridgehead atoms. The van der Waals surface area contributed by atoms with Gasteiger partial charge >= 0.3 is 0 Å². The summed E-state index contributed by atoms with van der Waals surface area (Å²) >= 11 is 0. The van der Waals surface area contributed by atoms with E-state index in [0.29, 0.717) is 31.8 Å². The maximum atomic E-state index is 12.2. The molecule has 0 aliphatic carbocycles. The van der Waals surface area contributed by atoms with Crippen LogP contribution in [0.15, 0.2) is 24.3 Å². The number of benzene rings is 1. The average molecular weight is 379 g/mol. The van der Waals surface area contributed by atoms with Crippen LogP contribution in [0.3, 0.4) is 0 Å². The first kappa shape index (κ1) is 18.5. The van der Waals surface area contributed by atoms with Gasteiger partial charge in [0.1, 0.15) is 13.2 Å². The summed E-state index contributed by atoms with van der Waals surface area (Å²) in [4.78, 5) is 12.2. The maximum Gasteiger partial charge on any atom is 0.224 e. The van der Waals surface area contributed by atoms with E-state index in [1.807, 2.05) is 16.8 Å². The summed E-state index contributed by atoms with van der Waals surface area (Å²) < 4.78 is 13.1. The Labute approximate surface area is 158 Å². The van der Waals surface area contributed by atoms with Crippen LogP contribution in [0, 0.1) is 0 Å². The van der Waals surface area contributed by atoms with Gasteiger partial charge in [0, 0.05) is 37.7 Å². The Morgan fingerprint density at radius 1 is 1.23 bits per heavy atom. The number of carbonyl (C=O) groups is 1. The van der Waals surface area contributed by atoms with Crippen molar-refractivity contribution in [3.63, 3.8) is 0 Å². The van der Waals surface area contributed by atoms with E-state index in [1.165, 1.54) is 5.69 Å². The molecule has 7 nitrogen and oxygen atoms in total. The van der Waals surface area contributed by atoms with Crippen LogP contribution in [-0.2, 0) is 24.3 Å². The molecule has 2 N–H and O–H groups in total. The van der Waals surface area contributed by atoms with Crippen molar-refractivity contribution in [3.05, 3.63) is 35.7 Å². The van der Waals surface area contributed by atoms with Gasteiger partial charge in [0.25, 0.3) is 0 Å². The first-order chi connectivity index (χ1) is 12.3. The molecule has 0 saturated heterocycles. The van der Waals surface area contributed by atoms with E-state index in [-0.39, 0.29) is 18.3 Å². The highest BCUT2D eigenvalue weighted by Crippen LogP contribution is 2.32. The normalized spacial score (nSPS) is 15.4. The zero-order chi connectivity index (χ0) is 17.1. The first-order valence-electron chi connectivity index (χ1n) is 8.74. The van der Waals surface area contributed by atoms with Gasteiger partial charge in [-0.25, -0.2) is 0 Å². The number of halogens is 1. The highest BCUT2D eigenvalue weighted by Gasteiger charge is 2.14. The van der Waals surface area contributed by atoms with Gasteiger partial charge in [-0.05, 0) is 31.2 Å². The first-order valence-corrected chi connectivity index (χ1v) is 8.74. The van der Waals surface area contributed by atoms with E-state index in [1.54, 1.807) is 6.07 Å². The second-order valence-corrected chi connectivity index (χ2v) is 6.29. The molecule has 140 valence electrons. The Morgan fingerprint density at radius 2 is 2.08 bits per heavy atom. The zero-order valence-corrected chi connectivity index (χ0v) is 15.3. The molecule has 0 atom stereocenters. The van der Waals surface area contributed by atoms with E-state index >= 15 is 0 Å². The molecule has 1 amide bonds. The van der Waals surface area contributed by atoms with E-state index < -0.39 is 0 Å². The fourth-order valence-corrected chi connectivity index (χ4v) is 3.13. The third-order valence-corrected chi connectivity index (χ3v) is 4.38. The molecule has 8 heteroatoms. The lowest BCUT2D eigenvalue weighted by molar-refractivity contribution is -0.116. The Hall–Kier alpha value is -2.25. The van der Waals surface area contributed by atoms with Gasteiger partial charge in [-0.15, -0.1) is 12.4 Å². The van der Waals surface area contributed by atoms with Crippen molar-refractivity contribution >= 4 is 24.0 Å². The van der Waals surface area contributed by atoms with Crippen LogP contribution in [0.4, 0.5) is 5.69 Å². The molecule has 2 aliphatic rings. The number of hydrogen-bond donors (Lipinski definition) is 2. The molecule has 4 rings (SSSR count). The van der Waals surface area contributed by atoms with Crippen LogP contribution in [-0.4, -0.2) is 35.4 Å². The van der Waals surface area contributed by atoms with Crippen LogP contribution < -0.4 is 20.1 Å². The molecule has 0 fully saturated rings. The molecule has 2 aromatic rings. The number of aromatic nitrogens is 2. The molecule has 0 spiro atoms. The minimum atomic E-state index is -0.0296. The van der Waals surface area contributed by atoms with Crippen molar-refractivity contribution in [2.45, 2.75) is 32.4 Å². The Morgan fingerprint density at radius 3 is 2.96 bits per heavy atom. The Balaban J connectivity index is 0.00000196. The maximum absolute atomic E-state index is 12.2. The molecule has 0 saturated carbocycles. The second kappa shape index (κ2) is 8.42. The van der Waals surface area contributed by atoms with Crippen LogP contribution >= 0.6 is 12.4 Å². The number of nitrogens with zero attached hydrogens (tertiary/aromatic N) is 2. The predicted octanol–water partition coefficient (Wildman–Crippen LogP) is 2.14. The smallest absolute Gasteiger partial charge is 0.224 e. The number of aryl methyl sites for hydroxylation is 2. The SMILES string of the molecule is Cl.O=C(CCc1cc2n(n1)CCCNC2)Nc1ccc2c(c1)OCCO2.